The van der Waals surface area contributed by atoms with Gasteiger partial charge in [-0.25, -0.2) is 12.7 Å². The number of fused-ring (bicyclic) bond motifs is 1. The molecule has 0 spiro atoms. The minimum Gasteiger partial charge on any atom is -0.497 e. The van der Waals surface area contributed by atoms with E-state index in [1.807, 2.05) is 44.2 Å². The van der Waals surface area contributed by atoms with Gasteiger partial charge in [-0.2, -0.15) is 0 Å². The van der Waals surface area contributed by atoms with Crippen LogP contribution in [0.4, 0.5) is 0 Å². The highest BCUT2D eigenvalue weighted by Gasteiger charge is 2.43. The fourth-order valence-corrected chi connectivity index (χ4v) is 6.02. The predicted octanol–water partition coefficient (Wildman–Crippen LogP) is 3.00. The number of hydrogen-bond donors (Lipinski definition) is 1. The molecule has 0 fully saturated rings. The van der Waals surface area contributed by atoms with Crippen LogP contribution in [0.5, 0.6) is 5.75 Å². The van der Waals surface area contributed by atoms with Gasteiger partial charge in [-0.1, -0.05) is 54.6 Å². The summed E-state index contributed by atoms with van der Waals surface area (Å²) in [7, 11) is -2.69. The van der Waals surface area contributed by atoms with Gasteiger partial charge in [-0.15, -0.1) is 0 Å². The number of benzene rings is 3. The average molecular weight is 550 g/mol. The lowest BCUT2D eigenvalue weighted by Crippen LogP contribution is -2.54. The second-order valence-corrected chi connectivity index (χ2v) is 11.4. The van der Waals surface area contributed by atoms with Crippen LogP contribution in [0, 0.1) is 0 Å². The number of ether oxygens (including phenoxy) is 1. The summed E-state index contributed by atoms with van der Waals surface area (Å²) in [4.78, 5) is 41.6. The van der Waals surface area contributed by atoms with E-state index in [1.165, 1.54) is 30.2 Å². The van der Waals surface area contributed by atoms with E-state index in [0.29, 0.717) is 15.6 Å². The second kappa shape index (κ2) is 11.7. The van der Waals surface area contributed by atoms with E-state index in [2.05, 4.69) is 5.32 Å². The summed E-state index contributed by atoms with van der Waals surface area (Å²) in [5, 5.41) is 2.88. The highest BCUT2D eigenvalue weighted by atomic mass is 32.2. The third kappa shape index (κ3) is 6.12. The van der Waals surface area contributed by atoms with Crippen LogP contribution in [-0.4, -0.2) is 61.1 Å². The molecule has 1 aliphatic rings. The summed E-state index contributed by atoms with van der Waals surface area (Å²) in [6.45, 7) is 2.89. The van der Waals surface area contributed by atoms with Gasteiger partial charge >= 0.3 is 0 Å². The number of methoxy groups -OCH3 is 1. The third-order valence-electron chi connectivity index (χ3n) is 6.38. The summed E-state index contributed by atoms with van der Waals surface area (Å²) in [5.74, 6) is -1.27. The Bertz CT molecular complexity index is 1470. The Morgan fingerprint density at radius 3 is 2.28 bits per heavy atom. The fourth-order valence-electron chi connectivity index (χ4n) is 4.50. The smallest absolute Gasteiger partial charge is 0.269 e. The topological polar surface area (TPSA) is 113 Å². The van der Waals surface area contributed by atoms with Gasteiger partial charge in [0.05, 0.1) is 12.7 Å². The zero-order valence-electron chi connectivity index (χ0n) is 22.0. The van der Waals surface area contributed by atoms with Gasteiger partial charge in [0.1, 0.15) is 23.2 Å². The van der Waals surface area contributed by atoms with E-state index < -0.39 is 34.4 Å². The summed E-state index contributed by atoms with van der Waals surface area (Å²) < 4.78 is 32.3. The Kier molecular flexibility index (Phi) is 8.35. The first kappa shape index (κ1) is 27.8. The number of rotatable bonds is 10. The molecule has 3 amide bonds. The Labute approximate surface area is 228 Å². The molecule has 0 saturated heterocycles. The largest absolute Gasteiger partial charge is 0.497 e. The normalized spacial score (nSPS) is 14.6. The number of amides is 3. The number of nitrogens with one attached hydrogen (secondary N) is 1. The maximum absolute atomic E-state index is 13.9. The van der Waals surface area contributed by atoms with Gasteiger partial charge in [0.2, 0.25) is 11.8 Å². The Hall–Kier alpha value is -4.18. The molecule has 4 rings (SSSR count). The molecule has 1 atom stereocenters. The summed E-state index contributed by atoms with van der Waals surface area (Å²) in [5.41, 5.74) is 1.52. The van der Waals surface area contributed by atoms with Gasteiger partial charge in [-0.3, -0.25) is 14.4 Å². The molecule has 3 aromatic carbocycles. The molecule has 1 aliphatic heterocycles. The van der Waals surface area contributed by atoms with Crippen LogP contribution < -0.4 is 10.1 Å². The monoisotopic (exact) mass is 549 g/mol. The number of carbonyl (C=O) groups is 3. The molecule has 10 heteroatoms. The van der Waals surface area contributed by atoms with Crippen LogP contribution in [0.1, 0.15) is 35.3 Å². The average Bonchev–Trinajstić information content (AvgIpc) is 3.11. The van der Waals surface area contributed by atoms with Gasteiger partial charge < -0.3 is 15.0 Å². The summed E-state index contributed by atoms with van der Waals surface area (Å²) >= 11 is 0. The zero-order chi connectivity index (χ0) is 28.2. The van der Waals surface area contributed by atoms with Crippen molar-refractivity contribution in [2.45, 2.75) is 43.8 Å². The van der Waals surface area contributed by atoms with E-state index in [0.717, 1.165) is 5.56 Å². The number of carbonyl (C=O) groups excluding carboxylic acids is 3. The Balaban J connectivity index is 1.72. The van der Waals surface area contributed by atoms with Crippen molar-refractivity contribution in [3.8, 4) is 5.75 Å². The van der Waals surface area contributed by atoms with Gasteiger partial charge in [0, 0.05) is 19.0 Å². The van der Waals surface area contributed by atoms with Crippen LogP contribution in [0.15, 0.2) is 83.8 Å². The van der Waals surface area contributed by atoms with Crippen molar-refractivity contribution in [3.63, 3.8) is 0 Å². The lowest BCUT2D eigenvalue weighted by atomic mass is 10.0. The molecule has 0 aliphatic carbocycles. The van der Waals surface area contributed by atoms with Crippen LogP contribution in [0.2, 0.25) is 0 Å². The van der Waals surface area contributed by atoms with E-state index in [4.69, 9.17) is 4.74 Å². The predicted molar refractivity (Wildman–Crippen MR) is 145 cm³/mol. The zero-order valence-corrected chi connectivity index (χ0v) is 22.9. The van der Waals surface area contributed by atoms with Crippen molar-refractivity contribution in [3.05, 3.63) is 95.6 Å². The quantitative estimate of drug-likeness (QED) is 0.416. The minimum atomic E-state index is -4.22. The van der Waals surface area contributed by atoms with Crippen LogP contribution in [0.25, 0.3) is 0 Å². The van der Waals surface area contributed by atoms with Crippen LogP contribution in [-0.2, 0) is 32.6 Å². The Morgan fingerprint density at radius 2 is 1.62 bits per heavy atom. The van der Waals surface area contributed by atoms with Crippen LogP contribution >= 0.6 is 0 Å². The molecule has 0 bridgehead atoms. The maximum atomic E-state index is 13.9. The van der Waals surface area contributed by atoms with Crippen molar-refractivity contribution in [1.29, 1.82) is 0 Å². The molecular weight excluding hydrogens is 518 g/mol. The molecular formula is C29H31N3O6S. The number of nitrogens with zero attached hydrogens (tertiary/aromatic N) is 2. The number of hydrogen-bond acceptors (Lipinski definition) is 6. The Morgan fingerprint density at radius 1 is 0.949 bits per heavy atom. The molecule has 9 nitrogen and oxygen atoms in total. The first-order valence-electron chi connectivity index (χ1n) is 12.5. The summed E-state index contributed by atoms with van der Waals surface area (Å²) in [6.07, 6.45) is 0.190. The highest BCUT2D eigenvalue weighted by molar-refractivity contribution is 7.90. The van der Waals surface area contributed by atoms with Crippen molar-refractivity contribution in [2.75, 3.05) is 13.7 Å². The van der Waals surface area contributed by atoms with E-state index in [9.17, 15) is 22.8 Å². The molecule has 0 saturated carbocycles. The summed E-state index contributed by atoms with van der Waals surface area (Å²) in [6, 6.07) is 21.0. The molecule has 1 N–H and O–H groups in total. The first-order valence-corrected chi connectivity index (χ1v) is 14.0. The molecule has 0 unspecified atom stereocenters. The molecule has 0 radical (unpaired) electrons. The standard InChI is InChI=1S/C29H31N3O6S/c1-20(2)30-28(34)25(17-21-10-5-4-6-11-21)31(18-22-12-9-13-23(16-22)38-3)27(33)19-32-29(35)24-14-7-8-15-26(24)39(32,36)37/h4-16,20,25H,17-19H2,1-3H3,(H,30,34)/t25-/m1/s1. The molecule has 1 heterocycles. The lowest BCUT2D eigenvalue weighted by molar-refractivity contribution is -0.141. The third-order valence-corrected chi connectivity index (χ3v) is 8.17. The number of sulfonamides is 1. The minimum absolute atomic E-state index is 0.00588. The van der Waals surface area contributed by atoms with Gasteiger partial charge in [0.15, 0.2) is 0 Å². The van der Waals surface area contributed by atoms with E-state index in [-0.39, 0.29) is 35.4 Å². The van der Waals surface area contributed by atoms with Crippen LogP contribution in [0.3, 0.4) is 0 Å². The van der Waals surface area contributed by atoms with Crippen molar-refractivity contribution in [2.24, 2.45) is 0 Å². The lowest BCUT2D eigenvalue weighted by Gasteiger charge is -2.33. The maximum Gasteiger partial charge on any atom is 0.269 e. The SMILES string of the molecule is COc1cccc(CN(C(=O)CN2C(=O)c3ccccc3S2(=O)=O)[C@H](Cc2ccccc2)C(=O)NC(C)C)c1. The fraction of sp³-hybridized carbons (Fsp3) is 0.276. The highest BCUT2D eigenvalue weighted by Crippen LogP contribution is 2.30. The van der Waals surface area contributed by atoms with Crippen molar-refractivity contribution in [1.82, 2.24) is 14.5 Å². The second-order valence-electron chi connectivity index (χ2n) is 9.55. The van der Waals surface area contributed by atoms with Gasteiger partial charge in [-0.05, 0) is 49.2 Å². The molecule has 204 valence electrons. The van der Waals surface area contributed by atoms with Crippen molar-refractivity contribution >= 4 is 27.7 Å². The molecule has 3 aromatic rings. The molecule has 39 heavy (non-hydrogen) atoms. The molecule has 0 aromatic heterocycles. The van der Waals surface area contributed by atoms with Crippen molar-refractivity contribution < 1.29 is 27.5 Å². The van der Waals surface area contributed by atoms with E-state index in [1.54, 1.807) is 30.3 Å². The first-order chi connectivity index (χ1) is 18.6. The van der Waals surface area contributed by atoms with Gasteiger partial charge in [0.25, 0.3) is 15.9 Å². The van der Waals surface area contributed by atoms with E-state index >= 15 is 0 Å².